The van der Waals surface area contributed by atoms with E-state index in [-0.39, 0.29) is 22.3 Å². The second-order valence-corrected chi connectivity index (χ2v) is 14.7. The highest BCUT2D eigenvalue weighted by molar-refractivity contribution is 7.89. The molecule has 1 aliphatic heterocycles. The zero-order chi connectivity index (χ0) is 31.3. The summed E-state index contributed by atoms with van der Waals surface area (Å²) in [4.78, 5) is 11.5. The zero-order valence-electron chi connectivity index (χ0n) is 24.3. The van der Waals surface area contributed by atoms with Crippen LogP contribution >= 0.6 is 23.2 Å². The fraction of sp³-hybridized carbons (Fsp3) is 0.257. The van der Waals surface area contributed by atoms with Gasteiger partial charge in [0.25, 0.3) is 0 Å². The molecule has 7 rings (SSSR count). The number of halogens is 2. The Morgan fingerprint density at radius 1 is 0.800 bits per heavy atom. The normalized spacial score (nSPS) is 16.4. The van der Waals surface area contributed by atoms with Crippen molar-refractivity contribution in [1.29, 1.82) is 0 Å². The summed E-state index contributed by atoms with van der Waals surface area (Å²) in [6, 6.07) is 28.3. The summed E-state index contributed by atoms with van der Waals surface area (Å²) < 4.78 is 30.6. The fourth-order valence-electron chi connectivity index (χ4n) is 6.52. The smallest absolute Gasteiger partial charge is 0.335 e. The number of hydrogen-bond acceptors (Lipinski definition) is 4. The Balaban J connectivity index is 1.24. The number of fused-ring (bicyclic) bond motifs is 1. The predicted molar refractivity (Wildman–Crippen MR) is 176 cm³/mol. The predicted octanol–water partition coefficient (Wildman–Crippen LogP) is 8.12. The van der Waals surface area contributed by atoms with Crippen LogP contribution in [0.2, 0.25) is 10.0 Å². The van der Waals surface area contributed by atoms with Gasteiger partial charge in [-0.15, -0.1) is 0 Å². The van der Waals surface area contributed by atoms with E-state index in [0.29, 0.717) is 42.0 Å². The summed E-state index contributed by atoms with van der Waals surface area (Å²) in [5.74, 6) is -1.07. The number of sulfonamides is 1. The van der Waals surface area contributed by atoms with Crippen molar-refractivity contribution in [1.82, 2.24) is 14.1 Å². The van der Waals surface area contributed by atoms with Gasteiger partial charge in [-0.2, -0.15) is 9.40 Å². The molecule has 0 atom stereocenters. The number of nitrogens with zero attached hydrogens (tertiary/aromatic N) is 3. The zero-order valence-corrected chi connectivity index (χ0v) is 26.6. The van der Waals surface area contributed by atoms with Crippen LogP contribution in [0.1, 0.15) is 76.3 Å². The van der Waals surface area contributed by atoms with Crippen molar-refractivity contribution in [2.75, 3.05) is 13.1 Å². The van der Waals surface area contributed by atoms with E-state index in [1.54, 1.807) is 0 Å². The maximum absolute atomic E-state index is 13.5. The first-order valence-corrected chi connectivity index (χ1v) is 17.2. The van der Waals surface area contributed by atoms with Gasteiger partial charge in [-0.3, -0.25) is 4.68 Å². The minimum Gasteiger partial charge on any atom is -0.478 e. The first-order valence-electron chi connectivity index (χ1n) is 15.1. The van der Waals surface area contributed by atoms with Gasteiger partial charge in [0, 0.05) is 46.1 Å². The van der Waals surface area contributed by atoms with E-state index in [9.17, 15) is 18.3 Å². The molecule has 5 aromatic rings. The Kier molecular flexibility index (Phi) is 7.94. The molecule has 1 aromatic heterocycles. The molecule has 1 saturated carbocycles. The molecule has 2 aliphatic rings. The number of hydrogen-bond donors (Lipinski definition) is 1. The lowest BCUT2D eigenvalue weighted by atomic mass is 9.84. The largest absolute Gasteiger partial charge is 0.478 e. The van der Waals surface area contributed by atoms with Crippen molar-refractivity contribution < 1.29 is 18.3 Å². The van der Waals surface area contributed by atoms with E-state index in [2.05, 4.69) is 47.1 Å². The van der Waals surface area contributed by atoms with Crippen LogP contribution < -0.4 is 0 Å². The number of aromatic nitrogens is 2. The number of piperidine rings is 1. The molecule has 0 bridgehead atoms. The molecule has 1 saturated heterocycles. The summed E-state index contributed by atoms with van der Waals surface area (Å²) >= 11 is 12.5. The minimum atomic E-state index is -3.82. The topological polar surface area (TPSA) is 92.5 Å². The number of carboxylic acids is 1. The third-order valence-electron chi connectivity index (χ3n) is 8.95. The molecule has 45 heavy (non-hydrogen) atoms. The molecule has 0 radical (unpaired) electrons. The van der Waals surface area contributed by atoms with Crippen LogP contribution in [0.15, 0.2) is 95.9 Å². The van der Waals surface area contributed by atoms with E-state index in [0.717, 1.165) is 40.4 Å². The van der Waals surface area contributed by atoms with Gasteiger partial charge in [0.05, 0.1) is 22.0 Å². The molecule has 4 aromatic carbocycles. The molecular weight excluding hydrogens is 629 g/mol. The van der Waals surface area contributed by atoms with Crippen LogP contribution in [0.3, 0.4) is 0 Å². The average Bonchev–Trinajstić information content (AvgIpc) is 3.83. The maximum atomic E-state index is 13.5. The quantitative estimate of drug-likeness (QED) is 0.170. The number of rotatable bonds is 8. The lowest BCUT2D eigenvalue weighted by molar-refractivity contribution is 0.0696. The molecule has 2 heterocycles. The SMILES string of the molecule is O=C(O)c1cccc(S(=O)(=O)N2CCC(c3c4cc(C(c5ccc(Cl)cc5)c5ccc(Cl)cc5)ccc4nn3C3CC3)CC2)c1. The summed E-state index contributed by atoms with van der Waals surface area (Å²) in [6.45, 7) is 0.693. The average molecular weight is 661 g/mol. The van der Waals surface area contributed by atoms with Gasteiger partial charge in [-0.25, -0.2) is 13.2 Å². The summed E-state index contributed by atoms with van der Waals surface area (Å²) in [5, 5.41) is 16.9. The number of carbonyl (C=O) groups is 1. The lowest BCUT2D eigenvalue weighted by Crippen LogP contribution is -2.38. The lowest BCUT2D eigenvalue weighted by Gasteiger charge is -2.32. The van der Waals surface area contributed by atoms with Crippen molar-refractivity contribution in [2.24, 2.45) is 0 Å². The standard InChI is InChI=1S/C35H31Cl2N3O4S/c36-27-9-4-22(5-10-27)33(23-6-11-28(37)12-7-23)25-8-15-32-31(21-25)34(40(38-32)29-13-14-29)24-16-18-39(19-17-24)45(43,44)30-3-1-2-26(20-30)35(41)42/h1-12,15,20-21,24,29,33H,13-14,16-19H2,(H,41,42). The molecule has 230 valence electrons. The molecule has 0 spiro atoms. The van der Waals surface area contributed by atoms with E-state index in [1.807, 2.05) is 24.3 Å². The molecular formula is C35H31Cl2N3O4S. The van der Waals surface area contributed by atoms with Crippen LogP contribution in [0.5, 0.6) is 0 Å². The molecule has 7 nitrogen and oxygen atoms in total. The molecule has 0 unspecified atom stereocenters. The summed E-state index contributed by atoms with van der Waals surface area (Å²) in [7, 11) is -3.82. The maximum Gasteiger partial charge on any atom is 0.335 e. The first kappa shape index (κ1) is 30.0. The van der Waals surface area contributed by atoms with E-state index in [1.165, 1.54) is 34.3 Å². The van der Waals surface area contributed by atoms with Crippen LogP contribution in [0.25, 0.3) is 10.9 Å². The Morgan fingerprint density at radius 3 is 1.98 bits per heavy atom. The van der Waals surface area contributed by atoms with Crippen LogP contribution in [0, 0.1) is 0 Å². The fourth-order valence-corrected chi connectivity index (χ4v) is 8.29. The molecule has 10 heteroatoms. The molecule has 2 fully saturated rings. The van der Waals surface area contributed by atoms with Crippen LogP contribution in [-0.4, -0.2) is 46.7 Å². The van der Waals surface area contributed by atoms with Crippen molar-refractivity contribution in [3.8, 4) is 0 Å². The highest BCUT2D eigenvalue weighted by Gasteiger charge is 2.36. The van der Waals surface area contributed by atoms with Gasteiger partial charge in [0.2, 0.25) is 10.0 Å². The Bertz CT molecular complexity index is 1950. The van der Waals surface area contributed by atoms with Gasteiger partial charge < -0.3 is 5.11 Å². The van der Waals surface area contributed by atoms with Crippen LogP contribution in [-0.2, 0) is 10.0 Å². The van der Waals surface area contributed by atoms with Crippen LogP contribution in [0.4, 0.5) is 0 Å². The van der Waals surface area contributed by atoms with Gasteiger partial charge >= 0.3 is 5.97 Å². The highest BCUT2D eigenvalue weighted by Crippen LogP contribution is 2.44. The van der Waals surface area contributed by atoms with Gasteiger partial charge in [-0.05, 0) is 97.0 Å². The third kappa shape index (κ3) is 5.88. The van der Waals surface area contributed by atoms with E-state index in [4.69, 9.17) is 28.3 Å². The van der Waals surface area contributed by atoms with Gasteiger partial charge in [0.15, 0.2) is 0 Å². The van der Waals surface area contributed by atoms with Gasteiger partial charge in [-0.1, -0.05) is 59.6 Å². The Hall–Kier alpha value is -3.69. The van der Waals surface area contributed by atoms with E-state index >= 15 is 0 Å². The molecule has 1 aliphatic carbocycles. The van der Waals surface area contributed by atoms with Crippen molar-refractivity contribution in [3.05, 3.63) is 129 Å². The minimum absolute atomic E-state index is 0.00871. The molecule has 1 N–H and O–H groups in total. The van der Waals surface area contributed by atoms with Crippen molar-refractivity contribution in [3.63, 3.8) is 0 Å². The highest BCUT2D eigenvalue weighted by atomic mass is 35.5. The number of carboxylic acid groups (broad SMARTS) is 1. The second kappa shape index (κ2) is 11.9. The Labute approximate surface area is 272 Å². The molecule has 0 amide bonds. The van der Waals surface area contributed by atoms with Crippen molar-refractivity contribution in [2.45, 2.75) is 48.5 Å². The van der Waals surface area contributed by atoms with E-state index < -0.39 is 16.0 Å². The third-order valence-corrected chi connectivity index (χ3v) is 11.3. The van der Waals surface area contributed by atoms with Crippen molar-refractivity contribution >= 4 is 50.1 Å². The number of benzene rings is 4. The Morgan fingerprint density at radius 2 is 1.40 bits per heavy atom. The summed E-state index contributed by atoms with van der Waals surface area (Å²) in [5.41, 5.74) is 5.42. The second-order valence-electron chi connectivity index (χ2n) is 11.9. The van der Waals surface area contributed by atoms with Gasteiger partial charge in [0.1, 0.15) is 0 Å². The summed E-state index contributed by atoms with van der Waals surface area (Å²) in [6.07, 6.45) is 3.46. The monoisotopic (exact) mass is 659 g/mol. The first-order chi connectivity index (χ1) is 21.7. The number of aromatic carboxylic acids is 1.